The fourth-order valence-corrected chi connectivity index (χ4v) is 8.71. The van der Waals surface area contributed by atoms with Gasteiger partial charge in [0.1, 0.15) is 11.5 Å². The molecular formula is C45H55N5O4S. The smallest absolute Gasteiger partial charge is 0.274 e. The number of anilines is 1. The lowest BCUT2D eigenvalue weighted by molar-refractivity contribution is 0.0544. The predicted molar refractivity (Wildman–Crippen MR) is 224 cm³/mol. The van der Waals surface area contributed by atoms with Crippen molar-refractivity contribution >= 4 is 27.7 Å². The lowest BCUT2D eigenvalue weighted by Crippen LogP contribution is -2.46. The normalized spacial score (nSPS) is 14.3. The number of nitrogens with zero attached hydrogens (tertiary/aromatic N) is 4. The minimum absolute atomic E-state index is 0.0955. The van der Waals surface area contributed by atoms with Crippen molar-refractivity contribution in [2.45, 2.75) is 77.3 Å². The number of aromatic nitrogens is 2. The second-order valence-electron chi connectivity index (χ2n) is 14.9. The number of aryl methyl sites for hydroxylation is 2. The summed E-state index contributed by atoms with van der Waals surface area (Å²) in [6.45, 7) is 9.81. The van der Waals surface area contributed by atoms with E-state index in [1.165, 1.54) is 5.56 Å². The summed E-state index contributed by atoms with van der Waals surface area (Å²) in [5.74, 6) is 1.22. The Hall–Kier alpha value is -5.06. The maximum atomic E-state index is 14.9. The van der Waals surface area contributed by atoms with Crippen LogP contribution in [0.5, 0.6) is 11.5 Å². The summed E-state index contributed by atoms with van der Waals surface area (Å²) < 4.78 is 11.7. The number of aliphatic hydroxyl groups is 1. The lowest BCUT2D eigenvalue weighted by atomic mass is 9.93. The van der Waals surface area contributed by atoms with Crippen LogP contribution in [0.4, 0.5) is 5.69 Å². The van der Waals surface area contributed by atoms with Crippen LogP contribution in [-0.4, -0.2) is 74.8 Å². The largest absolute Gasteiger partial charge is 0.457 e. The van der Waals surface area contributed by atoms with Crippen molar-refractivity contribution in [1.29, 1.82) is 0 Å². The van der Waals surface area contributed by atoms with Gasteiger partial charge < -0.3 is 24.4 Å². The summed E-state index contributed by atoms with van der Waals surface area (Å²) in [4.78, 5) is 33.5. The molecule has 0 spiro atoms. The number of rotatable bonds is 15. The van der Waals surface area contributed by atoms with Crippen molar-refractivity contribution in [3.05, 3.63) is 131 Å². The molecule has 2 amide bonds. The summed E-state index contributed by atoms with van der Waals surface area (Å²) in [7, 11) is -1.64. The Balaban J connectivity index is 1.36. The number of amides is 2. The van der Waals surface area contributed by atoms with Crippen LogP contribution in [0.3, 0.4) is 0 Å². The van der Waals surface area contributed by atoms with E-state index >= 15 is 0 Å². The molecule has 4 aromatic carbocycles. The Morgan fingerprint density at radius 2 is 1.58 bits per heavy atom. The third-order valence-corrected chi connectivity index (χ3v) is 12.4. The quantitative estimate of drug-likeness (QED) is 0.110. The molecule has 6 rings (SSSR count). The number of fused-ring (bicyclic) bond motifs is 1. The highest BCUT2D eigenvalue weighted by Crippen LogP contribution is 2.50. The highest BCUT2D eigenvalue weighted by Gasteiger charge is 2.32. The molecule has 1 atom stereocenters. The van der Waals surface area contributed by atoms with E-state index in [-0.39, 0.29) is 24.5 Å². The molecular weight excluding hydrogens is 707 g/mol. The number of aliphatic hydroxyl groups excluding tert-OH is 1. The van der Waals surface area contributed by atoms with Gasteiger partial charge in [-0.05, 0) is 111 Å². The van der Waals surface area contributed by atoms with Gasteiger partial charge in [-0.1, -0.05) is 74.7 Å². The zero-order valence-corrected chi connectivity index (χ0v) is 33.9. The van der Waals surface area contributed by atoms with Crippen LogP contribution >= 0.6 is 10.2 Å². The van der Waals surface area contributed by atoms with Gasteiger partial charge in [-0.15, -0.1) is 10.2 Å². The average Bonchev–Trinajstić information content (AvgIpc) is 3.58. The van der Waals surface area contributed by atoms with Gasteiger partial charge in [0.05, 0.1) is 23.9 Å². The van der Waals surface area contributed by atoms with Crippen LogP contribution in [0.1, 0.15) is 82.8 Å². The highest BCUT2D eigenvalue weighted by molar-refractivity contribution is 8.33. The van der Waals surface area contributed by atoms with Crippen molar-refractivity contribution in [3.8, 4) is 17.2 Å². The van der Waals surface area contributed by atoms with E-state index in [2.05, 4.69) is 56.2 Å². The number of benzene rings is 4. The number of nitrogens with one attached hydrogen (secondary N) is 1. The maximum absolute atomic E-state index is 14.9. The summed E-state index contributed by atoms with van der Waals surface area (Å²) in [5.41, 5.74) is 6.29. The van der Waals surface area contributed by atoms with E-state index in [1.54, 1.807) is 9.58 Å². The molecule has 0 unspecified atom stereocenters. The summed E-state index contributed by atoms with van der Waals surface area (Å²) in [5, 5.41) is 15.4. The summed E-state index contributed by atoms with van der Waals surface area (Å²) in [6.07, 6.45) is 8.76. The maximum Gasteiger partial charge on any atom is 0.274 e. The SMILES string of the molecule is CCCCN(CCCC)C(=O)c1cc(C)n(-c2ccc(NS(C)(C)c3cccc(Oc4ccc(C)cc4)c3)cc2C(=O)N2Cc3ccccc3C[C@H]2CO)n1. The molecule has 2 N–H and O–H groups in total. The minimum Gasteiger partial charge on any atom is -0.457 e. The van der Waals surface area contributed by atoms with Crippen LogP contribution in [-0.2, 0) is 13.0 Å². The van der Waals surface area contributed by atoms with E-state index in [0.717, 1.165) is 64.6 Å². The van der Waals surface area contributed by atoms with Crippen molar-refractivity contribution in [1.82, 2.24) is 19.6 Å². The first-order valence-corrected chi connectivity index (χ1v) is 21.8. The summed E-state index contributed by atoms with van der Waals surface area (Å²) in [6, 6.07) is 31.4. The van der Waals surface area contributed by atoms with Crippen molar-refractivity contribution in [2.24, 2.45) is 0 Å². The van der Waals surface area contributed by atoms with Crippen molar-refractivity contribution in [3.63, 3.8) is 0 Å². The number of hydrogen-bond acceptors (Lipinski definition) is 6. The van der Waals surface area contributed by atoms with Gasteiger partial charge in [-0.3, -0.25) is 9.59 Å². The van der Waals surface area contributed by atoms with Crippen molar-refractivity contribution < 1.29 is 19.4 Å². The van der Waals surface area contributed by atoms with Gasteiger partial charge in [0.15, 0.2) is 5.69 Å². The highest BCUT2D eigenvalue weighted by atomic mass is 32.3. The first kappa shape index (κ1) is 39.6. The molecule has 9 nitrogen and oxygen atoms in total. The van der Waals surface area contributed by atoms with Crippen molar-refractivity contribution in [2.75, 3.05) is 36.9 Å². The third kappa shape index (κ3) is 9.26. The van der Waals surface area contributed by atoms with Crippen LogP contribution in [0, 0.1) is 13.8 Å². The third-order valence-electron chi connectivity index (χ3n) is 10.3. The fourth-order valence-electron chi connectivity index (χ4n) is 7.05. The van der Waals surface area contributed by atoms with Gasteiger partial charge >= 0.3 is 0 Å². The molecule has 2 heterocycles. The minimum atomic E-state index is -1.64. The molecule has 0 aliphatic carbocycles. The lowest BCUT2D eigenvalue weighted by Gasteiger charge is -2.37. The van der Waals surface area contributed by atoms with E-state index in [4.69, 9.17) is 9.84 Å². The zero-order chi connectivity index (χ0) is 39.1. The first-order chi connectivity index (χ1) is 26.5. The second kappa shape index (κ2) is 17.6. The molecule has 5 aromatic rings. The van der Waals surface area contributed by atoms with Crippen LogP contribution in [0.15, 0.2) is 102 Å². The molecule has 1 aliphatic heterocycles. The monoisotopic (exact) mass is 761 g/mol. The molecule has 10 heteroatoms. The van der Waals surface area contributed by atoms with Gasteiger partial charge in [0, 0.05) is 35.9 Å². The van der Waals surface area contributed by atoms with Gasteiger partial charge in [-0.2, -0.15) is 5.10 Å². The topological polar surface area (TPSA) is 99.9 Å². The predicted octanol–water partition coefficient (Wildman–Crippen LogP) is 9.33. The molecule has 55 heavy (non-hydrogen) atoms. The standard InChI is InChI=1S/C45H55N5O4S/c1-7-9-24-48(25-10-8-2)45(53)42-26-33(4)50(46-42)43-23-20-36(28-41(43)44(52)49-30-35-15-12-11-14-34(35)27-37(49)31-51)47-55(5,6)40-17-13-16-39(29-40)54-38-21-18-32(3)19-22-38/h11-23,26,28-29,37,47,51H,7-10,24-25,27,30-31H2,1-6H3/t37-/m0/s1. The van der Waals surface area contributed by atoms with E-state index in [9.17, 15) is 14.7 Å². The number of unbranched alkanes of at least 4 members (excludes halogenated alkanes) is 2. The number of carbonyl (C=O) groups excluding carboxylic acids is 2. The summed E-state index contributed by atoms with van der Waals surface area (Å²) >= 11 is 0. The number of ether oxygens (including phenoxy) is 1. The first-order valence-electron chi connectivity index (χ1n) is 19.4. The Kier molecular flexibility index (Phi) is 12.7. The molecule has 0 radical (unpaired) electrons. The molecule has 290 valence electrons. The van der Waals surface area contributed by atoms with Crippen LogP contribution in [0.2, 0.25) is 0 Å². The molecule has 0 fully saturated rings. The number of hydrogen-bond donors (Lipinski definition) is 2. The Morgan fingerprint density at radius 1 is 0.873 bits per heavy atom. The molecule has 0 bridgehead atoms. The Bertz CT molecular complexity index is 2100. The zero-order valence-electron chi connectivity index (χ0n) is 33.0. The van der Waals surface area contributed by atoms with Crippen LogP contribution in [0.25, 0.3) is 5.69 Å². The number of carbonyl (C=O) groups is 2. The van der Waals surface area contributed by atoms with E-state index in [0.29, 0.717) is 43.0 Å². The molecule has 0 saturated heterocycles. The van der Waals surface area contributed by atoms with Gasteiger partial charge in [0.25, 0.3) is 11.8 Å². The van der Waals surface area contributed by atoms with E-state index in [1.807, 2.05) is 90.7 Å². The van der Waals surface area contributed by atoms with E-state index < -0.39 is 10.2 Å². The Labute approximate surface area is 327 Å². The molecule has 1 aromatic heterocycles. The average molecular weight is 762 g/mol. The van der Waals surface area contributed by atoms with Gasteiger partial charge in [0.2, 0.25) is 0 Å². The van der Waals surface area contributed by atoms with Gasteiger partial charge in [-0.25, -0.2) is 4.68 Å². The molecule has 0 saturated carbocycles. The Morgan fingerprint density at radius 3 is 2.27 bits per heavy atom. The van der Waals surface area contributed by atoms with Crippen LogP contribution < -0.4 is 9.46 Å². The fraction of sp³-hybridized carbons (Fsp3) is 0.356. The molecule has 1 aliphatic rings. The second-order valence-corrected chi connectivity index (χ2v) is 18.2.